The zero-order valence-electron chi connectivity index (χ0n) is 7.90. The molecule has 0 spiro atoms. The van der Waals surface area contributed by atoms with Crippen LogP contribution in [-0.2, 0) is 0 Å². The predicted octanol–water partition coefficient (Wildman–Crippen LogP) is 4.64. The molecule has 0 aromatic heterocycles. The van der Waals surface area contributed by atoms with E-state index in [2.05, 4.69) is 27.7 Å². The summed E-state index contributed by atoms with van der Waals surface area (Å²) in [5.74, 6) is 0. The second-order valence-corrected chi connectivity index (χ2v) is 4.08. The summed E-state index contributed by atoms with van der Waals surface area (Å²) in [6, 6.07) is 9.57. The van der Waals surface area contributed by atoms with Crippen LogP contribution in [0.15, 0.2) is 46.6 Å². The lowest BCUT2D eigenvalue weighted by Gasteiger charge is -2.03. The maximum absolute atomic E-state index is 10.8. The van der Waals surface area contributed by atoms with Crippen molar-refractivity contribution in [3.05, 3.63) is 51.9 Å². The molecule has 74 valence electrons. The van der Waals surface area contributed by atoms with E-state index >= 15 is 0 Å². The molecule has 0 amide bonds. The Hall–Kier alpha value is -1.48. The second-order valence-electron chi connectivity index (χ2n) is 3.16. The molecule has 2 aromatic carbocycles. The maximum atomic E-state index is 10.8. The third kappa shape index (κ3) is 1.70. The molecule has 2 rings (SSSR count). The molecule has 0 aliphatic heterocycles. The molecule has 0 heterocycles. The molecule has 0 aliphatic carbocycles. The number of hydrogen-bond acceptors (Lipinski definition) is 2. The van der Waals surface area contributed by atoms with Gasteiger partial charge in [0.15, 0.2) is 0 Å². The first-order valence-electron chi connectivity index (χ1n) is 4.44. The lowest BCUT2D eigenvalue weighted by atomic mass is 10.0. The Labute approximate surface area is 95.7 Å². The zero-order chi connectivity index (χ0) is 10.8. The average Bonchev–Trinajstić information content (AvgIpc) is 2.27. The highest BCUT2D eigenvalue weighted by molar-refractivity contribution is 9.10. The van der Waals surface area contributed by atoms with Crippen LogP contribution < -0.4 is 0 Å². The second kappa shape index (κ2) is 3.95. The minimum atomic E-state index is 0.448. The molecule has 0 fully saturated rings. The van der Waals surface area contributed by atoms with Crippen molar-refractivity contribution in [3.8, 4) is 0 Å². The Morgan fingerprint density at radius 3 is 2.67 bits per heavy atom. The Kier molecular flexibility index (Phi) is 2.64. The zero-order valence-corrected chi connectivity index (χ0v) is 9.49. The van der Waals surface area contributed by atoms with E-state index in [0.717, 1.165) is 20.8 Å². The van der Waals surface area contributed by atoms with Gasteiger partial charge in [-0.05, 0) is 22.7 Å². The molecule has 0 aliphatic rings. The number of nitroso groups, excluding NO2 is 1. The van der Waals surface area contributed by atoms with Crippen LogP contribution in [0.25, 0.3) is 16.8 Å². The largest absolute Gasteiger partial charge is 0.145 e. The van der Waals surface area contributed by atoms with E-state index in [1.54, 1.807) is 6.08 Å². The van der Waals surface area contributed by atoms with Gasteiger partial charge in [0, 0.05) is 15.4 Å². The number of hydrogen-bond donors (Lipinski definition) is 0. The maximum Gasteiger partial charge on any atom is 0.123 e. The third-order valence-electron chi connectivity index (χ3n) is 2.30. The van der Waals surface area contributed by atoms with Crippen LogP contribution in [-0.4, -0.2) is 0 Å². The summed E-state index contributed by atoms with van der Waals surface area (Å²) in [5, 5.41) is 4.91. The molecule has 0 unspecified atom stereocenters. The number of benzene rings is 2. The number of fused-ring (bicyclic) bond motifs is 1. The fraction of sp³-hybridized carbons (Fsp3) is 0. The van der Waals surface area contributed by atoms with Crippen molar-refractivity contribution >= 4 is 38.5 Å². The van der Waals surface area contributed by atoms with Gasteiger partial charge in [0.1, 0.15) is 5.69 Å². The minimum absolute atomic E-state index is 0.448. The minimum Gasteiger partial charge on any atom is -0.145 e. The van der Waals surface area contributed by atoms with Crippen molar-refractivity contribution in [3.63, 3.8) is 0 Å². The first-order chi connectivity index (χ1) is 7.26. The van der Waals surface area contributed by atoms with Crippen LogP contribution in [0.3, 0.4) is 0 Å². The van der Waals surface area contributed by atoms with Gasteiger partial charge in [0.25, 0.3) is 0 Å². The molecule has 3 heteroatoms. The van der Waals surface area contributed by atoms with Crippen molar-refractivity contribution < 1.29 is 0 Å². The van der Waals surface area contributed by atoms with Gasteiger partial charge in [-0.2, -0.15) is 0 Å². The molecule has 2 nitrogen and oxygen atoms in total. The SMILES string of the molecule is C=Cc1ccc2ccc(Br)cc2c1N=O. The summed E-state index contributed by atoms with van der Waals surface area (Å²) >= 11 is 3.37. The van der Waals surface area contributed by atoms with Crippen LogP contribution in [0.4, 0.5) is 5.69 Å². The molecular weight excluding hydrogens is 254 g/mol. The van der Waals surface area contributed by atoms with Crippen molar-refractivity contribution in [1.29, 1.82) is 0 Å². The molecule has 0 saturated carbocycles. The van der Waals surface area contributed by atoms with E-state index in [1.807, 2.05) is 30.3 Å². The number of halogens is 1. The average molecular weight is 262 g/mol. The van der Waals surface area contributed by atoms with Gasteiger partial charge in [-0.3, -0.25) is 0 Å². The van der Waals surface area contributed by atoms with Crippen molar-refractivity contribution in [2.75, 3.05) is 0 Å². The van der Waals surface area contributed by atoms with Crippen LogP contribution in [0.1, 0.15) is 5.56 Å². The van der Waals surface area contributed by atoms with Gasteiger partial charge in [-0.25, -0.2) is 0 Å². The fourth-order valence-corrected chi connectivity index (χ4v) is 1.92. The summed E-state index contributed by atoms with van der Waals surface area (Å²) in [4.78, 5) is 10.8. The van der Waals surface area contributed by atoms with Crippen molar-refractivity contribution in [2.24, 2.45) is 5.18 Å². The van der Waals surface area contributed by atoms with E-state index in [0.29, 0.717) is 5.69 Å². The molecular formula is C12H8BrNO. The van der Waals surface area contributed by atoms with Gasteiger partial charge in [-0.1, -0.05) is 46.8 Å². The van der Waals surface area contributed by atoms with E-state index in [9.17, 15) is 4.91 Å². The van der Waals surface area contributed by atoms with E-state index in [1.165, 1.54) is 0 Å². The summed E-state index contributed by atoms with van der Waals surface area (Å²) in [6.45, 7) is 3.66. The van der Waals surface area contributed by atoms with E-state index in [-0.39, 0.29) is 0 Å². The molecule has 0 N–H and O–H groups in total. The molecule has 0 atom stereocenters. The smallest absolute Gasteiger partial charge is 0.123 e. The van der Waals surface area contributed by atoms with Gasteiger partial charge >= 0.3 is 0 Å². The summed E-state index contributed by atoms with van der Waals surface area (Å²) < 4.78 is 0.932. The summed E-state index contributed by atoms with van der Waals surface area (Å²) in [7, 11) is 0. The van der Waals surface area contributed by atoms with Crippen molar-refractivity contribution in [1.82, 2.24) is 0 Å². The van der Waals surface area contributed by atoms with E-state index < -0.39 is 0 Å². The highest BCUT2D eigenvalue weighted by Crippen LogP contribution is 2.32. The predicted molar refractivity (Wildman–Crippen MR) is 67.2 cm³/mol. The topological polar surface area (TPSA) is 29.4 Å². The van der Waals surface area contributed by atoms with Crippen LogP contribution in [0.5, 0.6) is 0 Å². The normalized spacial score (nSPS) is 10.2. The highest BCUT2D eigenvalue weighted by atomic mass is 79.9. The van der Waals surface area contributed by atoms with E-state index in [4.69, 9.17) is 0 Å². The first-order valence-corrected chi connectivity index (χ1v) is 5.23. The van der Waals surface area contributed by atoms with Gasteiger partial charge < -0.3 is 0 Å². The monoisotopic (exact) mass is 261 g/mol. The third-order valence-corrected chi connectivity index (χ3v) is 2.79. The molecule has 0 saturated heterocycles. The Morgan fingerprint density at radius 2 is 2.00 bits per heavy atom. The summed E-state index contributed by atoms with van der Waals surface area (Å²) in [5.41, 5.74) is 1.21. The first kappa shape index (κ1) is 10.1. The lowest BCUT2D eigenvalue weighted by molar-refractivity contribution is 1.51. The Morgan fingerprint density at radius 1 is 1.27 bits per heavy atom. The van der Waals surface area contributed by atoms with Gasteiger partial charge in [-0.15, -0.1) is 4.91 Å². The van der Waals surface area contributed by atoms with Gasteiger partial charge in [0.05, 0.1) is 0 Å². The number of rotatable bonds is 2. The van der Waals surface area contributed by atoms with Crippen molar-refractivity contribution in [2.45, 2.75) is 0 Å². The quantitative estimate of drug-likeness (QED) is 0.724. The van der Waals surface area contributed by atoms with Crippen LogP contribution in [0.2, 0.25) is 0 Å². The molecule has 15 heavy (non-hydrogen) atoms. The van der Waals surface area contributed by atoms with Crippen LogP contribution in [0, 0.1) is 4.91 Å². The van der Waals surface area contributed by atoms with Gasteiger partial charge in [0.2, 0.25) is 0 Å². The lowest BCUT2D eigenvalue weighted by Crippen LogP contribution is -1.78. The summed E-state index contributed by atoms with van der Waals surface area (Å²) in [6.07, 6.45) is 1.64. The number of nitrogens with zero attached hydrogens (tertiary/aromatic N) is 1. The molecule has 0 bridgehead atoms. The fourth-order valence-electron chi connectivity index (χ4n) is 1.56. The molecule has 2 aromatic rings. The van der Waals surface area contributed by atoms with Crippen LogP contribution >= 0.6 is 15.9 Å². The Bertz CT molecular complexity index is 549. The Balaban J connectivity index is 2.90. The standard InChI is InChI=1S/C12H8BrNO/c1-2-8-3-4-9-5-6-10(13)7-11(9)12(8)14-15/h2-7H,1H2. The molecule has 0 radical (unpaired) electrons. The highest BCUT2D eigenvalue weighted by Gasteiger charge is 2.06.